The van der Waals surface area contributed by atoms with Crippen LogP contribution in [0.3, 0.4) is 0 Å². The van der Waals surface area contributed by atoms with Crippen LogP contribution in [-0.4, -0.2) is 31.7 Å². The van der Waals surface area contributed by atoms with Crippen molar-refractivity contribution in [3.8, 4) is 5.69 Å². The van der Waals surface area contributed by atoms with E-state index in [4.69, 9.17) is 0 Å². The third-order valence-electron chi connectivity index (χ3n) is 4.78. The van der Waals surface area contributed by atoms with Crippen LogP contribution in [0.5, 0.6) is 0 Å². The molecule has 0 aliphatic rings. The summed E-state index contributed by atoms with van der Waals surface area (Å²) >= 11 is 0. The normalized spacial score (nSPS) is 12.5. The number of hydrogen-bond acceptors (Lipinski definition) is 4. The van der Waals surface area contributed by atoms with Crippen molar-refractivity contribution in [1.29, 1.82) is 0 Å². The van der Waals surface area contributed by atoms with Gasteiger partial charge in [-0.25, -0.2) is 14.6 Å². The van der Waals surface area contributed by atoms with Gasteiger partial charge in [0.05, 0.1) is 17.6 Å². The number of hydrogen-bond donors (Lipinski definition) is 0. The molecule has 0 bridgehead atoms. The molecule has 3 aromatic rings. The minimum Gasteiger partial charge on any atom is -0.294 e. The van der Waals surface area contributed by atoms with Crippen LogP contribution in [0, 0.1) is 0 Å². The Morgan fingerprint density at radius 1 is 1.12 bits per heavy atom. The highest BCUT2D eigenvalue weighted by Crippen LogP contribution is 2.19. The first kappa shape index (κ1) is 18.3. The Labute approximate surface area is 155 Å². The van der Waals surface area contributed by atoms with Crippen molar-refractivity contribution in [3.05, 3.63) is 72.1 Å². The van der Waals surface area contributed by atoms with Gasteiger partial charge in [-0.05, 0) is 50.6 Å². The lowest BCUT2D eigenvalue weighted by molar-refractivity contribution is 0.248. The van der Waals surface area contributed by atoms with Gasteiger partial charge in [-0.3, -0.25) is 4.90 Å². The predicted octanol–water partition coefficient (Wildman–Crippen LogP) is 4.20. The van der Waals surface area contributed by atoms with E-state index in [2.05, 4.69) is 71.3 Å². The minimum atomic E-state index is 0.221. The second-order valence-electron chi connectivity index (χ2n) is 6.79. The predicted molar refractivity (Wildman–Crippen MR) is 104 cm³/mol. The van der Waals surface area contributed by atoms with Gasteiger partial charge in [0.25, 0.3) is 0 Å². The Morgan fingerprint density at radius 3 is 2.62 bits per heavy atom. The third kappa shape index (κ3) is 4.55. The molecule has 2 heterocycles. The van der Waals surface area contributed by atoms with E-state index in [1.807, 2.05) is 16.9 Å². The maximum atomic E-state index is 4.53. The van der Waals surface area contributed by atoms with E-state index in [-0.39, 0.29) is 6.04 Å². The number of benzene rings is 1. The number of nitrogens with zero attached hydrogens (tertiary/aromatic N) is 5. The summed E-state index contributed by atoms with van der Waals surface area (Å²) in [6.45, 7) is 5.20. The summed E-state index contributed by atoms with van der Waals surface area (Å²) < 4.78 is 1.95. The molecule has 0 saturated carbocycles. The molecule has 0 radical (unpaired) electrons. The Bertz CT molecular complexity index is 795. The van der Waals surface area contributed by atoms with E-state index in [1.54, 1.807) is 12.5 Å². The van der Waals surface area contributed by atoms with Crippen LogP contribution in [-0.2, 0) is 13.0 Å². The number of unbranched alkanes of at least 4 members (excludes halogenated alkanes) is 1. The van der Waals surface area contributed by atoms with E-state index >= 15 is 0 Å². The quantitative estimate of drug-likeness (QED) is 0.611. The summed E-state index contributed by atoms with van der Waals surface area (Å²) in [7, 11) is 2.10. The molecule has 0 saturated heterocycles. The minimum absolute atomic E-state index is 0.221. The largest absolute Gasteiger partial charge is 0.294 e. The lowest BCUT2D eigenvalue weighted by atomic mass is 10.1. The lowest BCUT2D eigenvalue weighted by Gasteiger charge is -2.23. The monoisotopic (exact) mass is 349 g/mol. The molecular weight excluding hydrogens is 322 g/mol. The summed E-state index contributed by atoms with van der Waals surface area (Å²) in [6.07, 6.45) is 11.0. The maximum Gasteiger partial charge on any atom is 0.115 e. The maximum absolute atomic E-state index is 4.53. The Balaban J connectivity index is 1.64. The van der Waals surface area contributed by atoms with Crippen molar-refractivity contribution in [1.82, 2.24) is 24.6 Å². The molecule has 0 N–H and O–H groups in total. The molecule has 0 aliphatic heterocycles. The van der Waals surface area contributed by atoms with Crippen molar-refractivity contribution >= 4 is 0 Å². The van der Waals surface area contributed by atoms with Crippen molar-refractivity contribution in [2.24, 2.45) is 0 Å². The van der Waals surface area contributed by atoms with E-state index in [1.165, 1.54) is 24.0 Å². The zero-order valence-electron chi connectivity index (χ0n) is 15.8. The average molecular weight is 349 g/mol. The summed E-state index contributed by atoms with van der Waals surface area (Å²) in [4.78, 5) is 10.6. The molecule has 26 heavy (non-hydrogen) atoms. The highest BCUT2D eigenvalue weighted by atomic mass is 15.3. The van der Waals surface area contributed by atoms with Gasteiger partial charge in [0.2, 0.25) is 0 Å². The molecular formula is C21H27N5. The molecule has 5 heteroatoms. The SMILES string of the molecule is CCCCc1ccc(-n2cc(CN(C)[C@@H](C)c3ccncn3)cn2)cc1. The molecule has 0 spiro atoms. The standard InChI is InChI=1S/C21H27N5/c1-4-5-6-18-7-9-20(10-8-18)26-15-19(13-24-26)14-25(3)17(2)21-11-12-22-16-23-21/h7-13,15-17H,4-6,14H2,1-3H3/t17-/m0/s1. The molecule has 0 unspecified atom stereocenters. The second-order valence-corrected chi connectivity index (χ2v) is 6.79. The van der Waals surface area contributed by atoms with Crippen LogP contribution in [0.4, 0.5) is 0 Å². The summed E-state index contributed by atoms with van der Waals surface area (Å²) in [5.41, 5.74) is 4.70. The van der Waals surface area contributed by atoms with Gasteiger partial charge in [0.1, 0.15) is 6.33 Å². The molecule has 2 aromatic heterocycles. The van der Waals surface area contributed by atoms with Gasteiger partial charge in [0, 0.05) is 30.5 Å². The van der Waals surface area contributed by atoms with Crippen LogP contribution < -0.4 is 0 Å². The molecule has 1 atom stereocenters. The first-order valence-corrected chi connectivity index (χ1v) is 9.26. The van der Waals surface area contributed by atoms with Gasteiger partial charge >= 0.3 is 0 Å². The number of rotatable bonds is 8. The fourth-order valence-electron chi connectivity index (χ4n) is 2.98. The zero-order valence-corrected chi connectivity index (χ0v) is 15.8. The fourth-order valence-corrected chi connectivity index (χ4v) is 2.98. The molecule has 0 amide bonds. The van der Waals surface area contributed by atoms with E-state index < -0.39 is 0 Å². The Kier molecular flexibility index (Phi) is 6.12. The smallest absolute Gasteiger partial charge is 0.115 e. The highest BCUT2D eigenvalue weighted by molar-refractivity contribution is 5.34. The van der Waals surface area contributed by atoms with Crippen molar-refractivity contribution < 1.29 is 0 Å². The van der Waals surface area contributed by atoms with Crippen molar-refractivity contribution in [2.75, 3.05) is 7.05 Å². The van der Waals surface area contributed by atoms with Gasteiger partial charge in [-0.2, -0.15) is 5.10 Å². The first-order valence-electron chi connectivity index (χ1n) is 9.26. The summed E-state index contributed by atoms with van der Waals surface area (Å²) in [6, 6.07) is 10.9. The number of aromatic nitrogens is 4. The van der Waals surface area contributed by atoms with E-state index in [0.717, 1.165) is 24.3 Å². The average Bonchev–Trinajstić information content (AvgIpc) is 3.15. The molecule has 1 aromatic carbocycles. The van der Waals surface area contributed by atoms with Crippen LogP contribution >= 0.6 is 0 Å². The van der Waals surface area contributed by atoms with E-state index in [9.17, 15) is 0 Å². The van der Waals surface area contributed by atoms with Gasteiger partial charge in [0.15, 0.2) is 0 Å². The van der Waals surface area contributed by atoms with Crippen LogP contribution in [0.25, 0.3) is 5.69 Å². The summed E-state index contributed by atoms with van der Waals surface area (Å²) in [5.74, 6) is 0. The first-order chi connectivity index (χ1) is 12.7. The van der Waals surface area contributed by atoms with Gasteiger partial charge < -0.3 is 0 Å². The molecule has 136 valence electrons. The van der Waals surface area contributed by atoms with E-state index in [0.29, 0.717) is 0 Å². The molecule has 3 rings (SSSR count). The summed E-state index contributed by atoms with van der Waals surface area (Å²) in [5, 5.41) is 4.53. The molecule has 0 aliphatic carbocycles. The van der Waals surface area contributed by atoms with Gasteiger partial charge in [-0.15, -0.1) is 0 Å². The zero-order chi connectivity index (χ0) is 18.4. The van der Waals surface area contributed by atoms with Crippen molar-refractivity contribution in [2.45, 2.75) is 45.7 Å². The van der Waals surface area contributed by atoms with Gasteiger partial charge in [-0.1, -0.05) is 25.5 Å². The number of aryl methyl sites for hydroxylation is 1. The van der Waals surface area contributed by atoms with Crippen molar-refractivity contribution in [3.63, 3.8) is 0 Å². The van der Waals surface area contributed by atoms with Crippen LogP contribution in [0.1, 0.15) is 49.6 Å². The third-order valence-corrected chi connectivity index (χ3v) is 4.78. The second kappa shape index (κ2) is 8.72. The van der Waals surface area contributed by atoms with Crippen LogP contribution in [0.15, 0.2) is 55.2 Å². The Hall–Kier alpha value is -2.53. The fraction of sp³-hybridized carbons (Fsp3) is 0.381. The lowest BCUT2D eigenvalue weighted by Crippen LogP contribution is -2.22. The molecule has 5 nitrogen and oxygen atoms in total. The highest BCUT2D eigenvalue weighted by Gasteiger charge is 2.14. The van der Waals surface area contributed by atoms with Crippen LogP contribution in [0.2, 0.25) is 0 Å². The Morgan fingerprint density at radius 2 is 1.92 bits per heavy atom. The molecule has 0 fully saturated rings. The topological polar surface area (TPSA) is 46.8 Å².